The highest BCUT2D eigenvalue weighted by molar-refractivity contribution is 6.03. The Morgan fingerprint density at radius 2 is 1.93 bits per heavy atom. The second-order valence-electron chi connectivity index (χ2n) is 7.01. The molecule has 0 aliphatic carbocycles. The predicted octanol–water partition coefficient (Wildman–Crippen LogP) is 3.91. The zero-order chi connectivity index (χ0) is 19.6. The van der Waals surface area contributed by atoms with Crippen LogP contribution in [0.5, 0.6) is 5.75 Å². The summed E-state index contributed by atoms with van der Waals surface area (Å²) in [6.07, 6.45) is 0.225. The Balaban J connectivity index is 1.66. The Kier molecular flexibility index (Phi) is 5.44. The molecule has 0 saturated carbocycles. The predicted molar refractivity (Wildman–Crippen MR) is 102 cm³/mol. The molecule has 1 N–H and O–H groups in total. The number of halogens is 1. The van der Waals surface area contributed by atoms with E-state index in [1.54, 1.807) is 11.8 Å². The first-order valence-electron chi connectivity index (χ1n) is 8.97. The fourth-order valence-corrected chi connectivity index (χ4v) is 3.11. The number of hydrogen-bond donors (Lipinski definition) is 1. The molecular weight excluding hydrogens is 347 g/mol. The van der Waals surface area contributed by atoms with Gasteiger partial charge in [-0.2, -0.15) is 0 Å². The Hall–Kier alpha value is -2.89. The van der Waals surface area contributed by atoms with E-state index in [0.717, 1.165) is 11.4 Å². The van der Waals surface area contributed by atoms with E-state index in [9.17, 15) is 14.0 Å². The van der Waals surface area contributed by atoms with Crippen LogP contribution >= 0.6 is 0 Å². The Bertz CT molecular complexity index is 849. The van der Waals surface area contributed by atoms with E-state index < -0.39 is 5.92 Å². The molecule has 1 atom stereocenters. The molecule has 27 heavy (non-hydrogen) atoms. The van der Waals surface area contributed by atoms with Crippen molar-refractivity contribution >= 4 is 23.2 Å². The van der Waals surface area contributed by atoms with Gasteiger partial charge in [0.2, 0.25) is 11.8 Å². The van der Waals surface area contributed by atoms with Crippen molar-refractivity contribution < 1.29 is 18.7 Å². The van der Waals surface area contributed by atoms with Gasteiger partial charge in [0.05, 0.1) is 12.0 Å². The van der Waals surface area contributed by atoms with Crippen LogP contribution in [0.1, 0.15) is 25.8 Å². The van der Waals surface area contributed by atoms with Gasteiger partial charge in [-0.05, 0) is 68.8 Å². The fourth-order valence-electron chi connectivity index (χ4n) is 3.11. The monoisotopic (exact) mass is 370 g/mol. The lowest BCUT2D eigenvalue weighted by molar-refractivity contribution is -0.122. The molecule has 3 rings (SSSR count). The summed E-state index contributed by atoms with van der Waals surface area (Å²) in [5.74, 6) is -0.392. The number of nitrogens with zero attached hydrogens (tertiary/aromatic N) is 1. The van der Waals surface area contributed by atoms with E-state index in [1.807, 2.05) is 38.1 Å². The van der Waals surface area contributed by atoms with Gasteiger partial charge in [0.1, 0.15) is 11.6 Å². The molecule has 1 saturated heterocycles. The average Bonchev–Trinajstić information content (AvgIpc) is 2.99. The van der Waals surface area contributed by atoms with Gasteiger partial charge in [0.25, 0.3) is 0 Å². The molecule has 2 aromatic carbocycles. The van der Waals surface area contributed by atoms with Crippen LogP contribution in [0.15, 0.2) is 42.5 Å². The zero-order valence-corrected chi connectivity index (χ0v) is 15.7. The van der Waals surface area contributed by atoms with Crippen molar-refractivity contribution in [1.29, 1.82) is 0 Å². The summed E-state index contributed by atoms with van der Waals surface area (Å²) in [6.45, 7) is 5.94. The standard InChI is InChI=1S/C21H23FN2O3/c1-13(2)27-18-7-5-17(6-8-18)24-12-15(11-20(24)25)21(26)23-19-9-4-16(22)10-14(19)3/h4-10,13,15H,11-12H2,1-3H3,(H,23,26)/t15-/m0/s1. The number of anilines is 2. The first-order valence-corrected chi connectivity index (χ1v) is 8.97. The van der Waals surface area contributed by atoms with E-state index in [-0.39, 0.29) is 30.2 Å². The minimum Gasteiger partial charge on any atom is -0.491 e. The SMILES string of the molecule is Cc1cc(F)ccc1NC(=O)[C@H]1CC(=O)N(c2ccc(OC(C)C)cc2)C1. The van der Waals surface area contributed by atoms with Crippen molar-refractivity contribution in [3.8, 4) is 5.75 Å². The van der Waals surface area contributed by atoms with E-state index in [4.69, 9.17) is 4.74 Å². The smallest absolute Gasteiger partial charge is 0.229 e. The zero-order valence-electron chi connectivity index (χ0n) is 15.7. The summed E-state index contributed by atoms with van der Waals surface area (Å²) in [7, 11) is 0. The molecule has 1 fully saturated rings. The molecule has 5 nitrogen and oxygen atoms in total. The second-order valence-corrected chi connectivity index (χ2v) is 7.01. The van der Waals surface area contributed by atoms with Gasteiger partial charge in [-0.1, -0.05) is 0 Å². The van der Waals surface area contributed by atoms with E-state index in [0.29, 0.717) is 17.8 Å². The third-order valence-corrected chi connectivity index (χ3v) is 4.46. The van der Waals surface area contributed by atoms with Gasteiger partial charge < -0.3 is 15.0 Å². The first kappa shape index (κ1) is 18.9. The summed E-state index contributed by atoms with van der Waals surface area (Å²) in [4.78, 5) is 26.5. The number of aryl methyl sites for hydroxylation is 1. The van der Waals surface area contributed by atoms with Crippen molar-refractivity contribution in [2.24, 2.45) is 5.92 Å². The third kappa shape index (κ3) is 4.45. The van der Waals surface area contributed by atoms with Crippen molar-refractivity contribution in [1.82, 2.24) is 0 Å². The number of ether oxygens (including phenoxy) is 1. The van der Waals surface area contributed by atoms with Crippen LogP contribution < -0.4 is 15.0 Å². The minimum atomic E-state index is -0.450. The molecule has 0 spiro atoms. The lowest BCUT2D eigenvalue weighted by Gasteiger charge is -2.18. The quantitative estimate of drug-likeness (QED) is 0.868. The van der Waals surface area contributed by atoms with Crippen LogP contribution in [0.2, 0.25) is 0 Å². The maximum Gasteiger partial charge on any atom is 0.229 e. The van der Waals surface area contributed by atoms with Gasteiger partial charge in [-0.25, -0.2) is 4.39 Å². The first-order chi connectivity index (χ1) is 12.8. The molecular formula is C21H23FN2O3. The molecule has 1 aliphatic rings. The van der Waals surface area contributed by atoms with Crippen molar-refractivity contribution in [3.63, 3.8) is 0 Å². The minimum absolute atomic E-state index is 0.0762. The fraction of sp³-hybridized carbons (Fsp3) is 0.333. The summed E-state index contributed by atoms with van der Waals surface area (Å²) in [6, 6.07) is 11.5. The highest BCUT2D eigenvalue weighted by atomic mass is 19.1. The lowest BCUT2D eigenvalue weighted by atomic mass is 10.1. The summed E-state index contributed by atoms with van der Waals surface area (Å²) in [5, 5.41) is 2.80. The maximum atomic E-state index is 13.2. The molecule has 0 bridgehead atoms. The molecule has 142 valence electrons. The molecule has 2 aromatic rings. The van der Waals surface area contributed by atoms with Crippen LogP contribution in [0.3, 0.4) is 0 Å². The van der Waals surface area contributed by atoms with Gasteiger partial charge in [0, 0.05) is 24.3 Å². The van der Waals surface area contributed by atoms with Crippen molar-refractivity contribution in [2.45, 2.75) is 33.3 Å². The number of carbonyl (C=O) groups is 2. The number of amides is 2. The Labute approximate surface area is 158 Å². The molecule has 0 unspecified atom stereocenters. The largest absolute Gasteiger partial charge is 0.491 e. The van der Waals surface area contributed by atoms with Crippen LogP contribution in [-0.2, 0) is 9.59 Å². The normalized spacial score (nSPS) is 16.7. The summed E-state index contributed by atoms with van der Waals surface area (Å²) < 4.78 is 18.8. The van der Waals surface area contributed by atoms with E-state index in [2.05, 4.69) is 5.32 Å². The topological polar surface area (TPSA) is 58.6 Å². The highest BCUT2D eigenvalue weighted by Gasteiger charge is 2.35. The number of hydrogen-bond acceptors (Lipinski definition) is 3. The van der Waals surface area contributed by atoms with Crippen molar-refractivity contribution in [3.05, 3.63) is 53.8 Å². The van der Waals surface area contributed by atoms with Crippen LogP contribution in [0.4, 0.5) is 15.8 Å². The molecule has 0 radical (unpaired) electrons. The van der Waals surface area contributed by atoms with Gasteiger partial charge in [0.15, 0.2) is 0 Å². The van der Waals surface area contributed by atoms with Crippen LogP contribution in [0.25, 0.3) is 0 Å². The summed E-state index contributed by atoms with van der Waals surface area (Å²) >= 11 is 0. The molecule has 0 aromatic heterocycles. The maximum absolute atomic E-state index is 13.2. The second kappa shape index (κ2) is 7.78. The molecule has 6 heteroatoms. The Morgan fingerprint density at radius 1 is 1.22 bits per heavy atom. The van der Waals surface area contributed by atoms with Crippen LogP contribution in [-0.4, -0.2) is 24.5 Å². The van der Waals surface area contributed by atoms with Gasteiger partial charge >= 0.3 is 0 Å². The van der Waals surface area contributed by atoms with Crippen LogP contribution in [0, 0.1) is 18.7 Å². The molecule has 1 heterocycles. The van der Waals surface area contributed by atoms with Crippen molar-refractivity contribution in [2.75, 3.05) is 16.8 Å². The summed E-state index contributed by atoms with van der Waals surface area (Å²) in [5.41, 5.74) is 1.94. The molecule has 1 aliphatic heterocycles. The highest BCUT2D eigenvalue weighted by Crippen LogP contribution is 2.28. The van der Waals surface area contributed by atoms with E-state index >= 15 is 0 Å². The van der Waals surface area contributed by atoms with E-state index in [1.165, 1.54) is 18.2 Å². The third-order valence-electron chi connectivity index (χ3n) is 4.46. The number of rotatable bonds is 5. The number of nitrogens with one attached hydrogen (secondary N) is 1. The number of carbonyl (C=O) groups excluding carboxylic acids is 2. The number of benzene rings is 2. The molecule has 2 amide bonds. The lowest BCUT2D eigenvalue weighted by Crippen LogP contribution is -2.28. The van der Waals surface area contributed by atoms with Gasteiger partial charge in [-0.3, -0.25) is 9.59 Å². The Morgan fingerprint density at radius 3 is 2.56 bits per heavy atom. The average molecular weight is 370 g/mol. The van der Waals surface area contributed by atoms with Gasteiger partial charge in [-0.15, -0.1) is 0 Å².